The number of esters is 1. The van der Waals surface area contributed by atoms with Crippen LogP contribution in [0.15, 0.2) is 0 Å². The standard InChI is InChI=1S/C30H55NO10/c1-8-10-12-34-14-16-36-18-19-37-17-15-35-13-11-26(33)38-22-29(9-2)23-39-30(40-24-29)20-27(4,5)31(41-25(3)32)28(6,7)21-30/h8-24H2,1-7H3. The van der Waals surface area contributed by atoms with E-state index in [4.69, 9.17) is 38.0 Å². The minimum Gasteiger partial charge on any atom is -0.465 e. The molecule has 1 spiro atoms. The number of hydrogen-bond acceptors (Lipinski definition) is 11. The van der Waals surface area contributed by atoms with Gasteiger partial charge in [0.2, 0.25) is 0 Å². The van der Waals surface area contributed by atoms with Crippen molar-refractivity contribution < 1.29 is 47.6 Å². The van der Waals surface area contributed by atoms with Gasteiger partial charge in [-0.25, -0.2) is 0 Å². The fourth-order valence-corrected chi connectivity index (χ4v) is 5.44. The van der Waals surface area contributed by atoms with Crippen molar-refractivity contribution in [1.29, 1.82) is 0 Å². The Kier molecular flexibility index (Phi) is 14.9. The molecule has 2 fully saturated rings. The van der Waals surface area contributed by atoms with Crippen LogP contribution in [0.4, 0.5) is 0 Å². The number of nitrogens with zero attached hydrogens (tertiary/aromatic N) is 1. The summed E-state index contributed by atoms with van der Waals surface area (Å²) in [6, 6.07) is 0. The van der Waals surface area contributed by atoms with Crippen LogP contribution in [0.3, 0.4) is 0 Å². The molecule has 2 aliphatic rings. The second-order valence-electron chi connectivity index (χ2n) is 12.4. The number of unbranched alkanes of at least 4 members (excludes halogenated alkanes) is 1. The lowest BCUT2D eigenvalue weighted by molar-refractivity contribution is -0.375. The summed E-state index contributed by atoms with van der Waals surface area (Å²) in [5.74, 6) is -1.46. The van der Waals surface area contributed by atoms with Gasteiger partial charge in [0.25, 0.3) is 0 Å². The first-order valence-corrected chi connectivity index (χ1v) is 15.1. The van der Waals surface area contributed by atoms with Gasteiger partial charge in [0.05, 0.1) is 82.4 Å². The first-order chi connectivity index (χ1) is 19.4. The Morgan fingerprint density at radius 1 is 0.756 bits per heavy atom. The van der Waals surface area contributed by atoms with E-state index in [0.717, 1.165) is 25.9 Å². The minimum atomic E-state index is -0.795. The molecule has 0 aromatic rings. The Morgan fingerprint density at radius 2 is 1.24 bits per heavy atom. The Labute approximate surface area is 246 Å². The van der Waals surface area contributed by atoms with Crippen molar-refractivity contribution in [2.24, 2.45) is 5.41 Å². The molecule has 0 aromatic carbocycles. The van der Waals surface area contributed by atoms with Crippen LogP contribution in [0.1, 0.15) is 87.0 Å². The van der Waals surface area contributed by atoms with Gasteiger partial charge in [-0.2, -0.15) is 0 Å². The smallest absolute Gasteiger partial charge is 0.322 e. The zero-order valence-electron chi connectivity index (χ0n) is 26.6. The topological polar surface area (TPSA) is 111 Å². The summed E-state index contributed by atoms with van der Waals surface area (Å²) in [5.41, 5.74) is -1.40. The average Bonchev–Trinajstić information content (AvgIpc) is 2.90. The maximum absolute atomic E-state index is 12.4. The number of piperidine rings is 1. The predicted molar refractivity (Wildman–Crippen MR) is 152 cm³/mol. The van der Waals surface area contributed by atoms with Crippen molar-refractivity contribution in [3.8, 4) is 0 Å². The molecule has 0 amide bonds. The molecular formula is C30H55NO10. The summed E-state index contributed by atoms with van der Waals surface area (Å²) in [6.07, 6.45) is 4.19. The highest BCUT2D eigenvalue weighted by Gasteiger charge is 2.58. The lowest BCUT2D eigenvalue weighted by Gasteiger charge is -2.58. The van der Waals surface area contributed by atoms with Crippen molar-refractivity contribution in [2.45, 2.75) is 104 Å². The molecule has 41 heavy (non-hydrogen) atoms. The van der Waals surface area contributed by atoms with Gasteiger partial charge in [-0.05, 0) is 40.5 Å². The van der Waals surface area contributed by atoms with Gasteiger partial charge in [-0.1, -0.05) is 20.3 Å². The summed E-state index contributed by atoms with van der Waals surface area (Å²) in [7, 11) is 0. The number of rotatable bonds is 19. The number of hydroxylamine groups is 2. The first kappa shape index (κ1) is 35.9. The fourth-order valence-electron chi connectivity index (χ4n) is 5.44. The highest BCUT2D eigenvalue weighted by Crippen LogP contribution is 2.49. The largest absolute Gasteiger partial charge is 0.465 e. The Balaban J connectivity index is 1.62. The molecule has 11 nitrogen and oxygen atoms in total. The molecule has 0 bridgehead atoms. The quantitative estimate of drug-likeness (QED) is 0.161. The minimum absolute atomic E-state index is 0.168. The molecule has 11 heteroatoms. The van der Waals surface area contributed by atoms with Gasteiger partial charge in [-0.15, -0.1) is 5.06 Å². The van der Waals surface area contributed by atoms with Crippen LogP contribution < -0.4 is 0 Å². The maximum Gasteiger partial charge on any atom is 0.322 e. The molecule has 0 radical (unpaired) electrons. The van der Waals surface area contributed by atoms with Gasteiger partial charge in [0.1, 0.15) is 6.61 Å². The van der Waals surface area contributed by atoms with E-state index in [1.165, 1.54) is 6.92 Å². The van der Waals surface area contributed by atoms with E-state index in [2.05, 4.69) is 6.92 Å². The highest BCUT2D eigenvalue weighted by atomic mass is 16.7. The van der Waals surface area contributed by atoms with E-state index in [9.17, 15) is 9.59 Å². The molecule has 0 unspecified atom stereocenters. The van der Waals surface area contributed by atoms with Gasteiger partial charge < -0.3 is 38.0 Å². The van der Waals surface area contributed by atoms with E-state index in [-0.39, 0.29) is 31.6 Å². The van der Waals surface area contributed by atoms with Gasteiger partial charge in [0, 0.05) is 26.4 Å². The lowest BCUT2D eigenvalue weighted by Crippen LogP contribution is -2.68. The second-order valence-corrected chi connectivity index (χ2v) is 12.4. The summed E-state index contributed by atoms with van der Waals surface area (Å²) in [5, 5.41) is 1.76. The molecular weight excluding hydrogens is 534 g/mol. The van der Waals surface area contributed by atoms with E-state index >= 15 is 0 Å². The molecule has 2 heterocycles. The zero-order chi connectivity index (χ0) is 30.4. The maximum atomic E-state index is 12.4. The van der Waals surface area contributed by atoms with Crippen molar-refractivity contribution in [2.75, 3.05) is 72.7 Å². The molecule has 2 saturated heterocycles. The monoisotopic (exact) mass is 589 g/mol. The van der Waals surface area contributed by atoms with Crippen LogP contribution in [0.2, 0.25) is 0 Å². The molecule has 0 aromatic heterocycles. The third-order valence-electron chi connectivity index (χ3n) is 7.50. The van der Waals surface area contributed by atoms with Gasteiger partial charge in [-0.3, -0.25) is 9.59 Å². The fraction of sp³-hybridized carbons (Fsp3) is 0.933. The Morgan fingerprint density at radius 3 is 1.71 bits per heavy atom. The van der Waals surface area contributed by atoms with E-state index in [0.29, 0.717) is 65.7 Å². The van der Waals surface area contributed by atoms with Crippen molar-refractivity contribution in [1.82, 2.24) is 5.06 Å². The molecule has 240 valence electrons. The van der Waals surface area contributed by atoms with Crippen LogP contribution in [0.25, 0.3) is 0 Å². The molecule has 2 aliphatic heterocycles. The van der Waals surface area contributed by atoms with Crippen molar-refractivity contribution in [3.05, 3.63) is 0 Å². The number of carbonyl (C=O) groups excluding carboxylic acids is 2. The lowest BCUT2D eigenvalue weighted by atomic mass is 9.76. The summed E-state index contributed by atoms with van der Waals surface area (Å²) >= 11 is 0. The van der Waals surface area contributed by atoms with Crippen LogP contribution in [-0.4, -0.2) is 107 Å². The molecule has 0 saturated carbocycles. The average molecular weight is 590 g/mol. The number of hydrogen-bond donors (Lipinski definition) is 0. The van der Waals surface area contributed by atoms with Crippen LogP contribution in [0, 0.1) is 5.41 Å². The summed E-state index contributed by atoms with van der Waals surface area (Å²) in [6.45, 7) is 18.8. The molecule has 2 rings (SSSR count). The molecule has 0 aliphatic carbocycles. The molecule has 0 N–H and O–H groups in total. The van der Waals surface area contributed by atoms with E-state index < -0.39 is 22.3 Å². The highest BCUT2D eigenvalue weighted by molar-refractivity contribution is 5.69. The number of carbonyl (C=O) groups is 2. The third-order valence-corrected chi connectivity index (χ3v) is 7.50. The van der Waals surface area contributed by atoms with Gasteiger partial charge >= 0.3 is 11.9 Å². The summed E-state index contributed by atoms with van der Waals surface area (Å²) in [4.78, 5) is 29.6. The Hall–Kier alpha value is -1.34. The second kappa shape index (κ2) is 17.1. The van der Waals surface area contributed by atoms with E-state index in [1.54, 1.807) is 5.06 Å². The summed E-state index contributed by atoms with van der Waals surface area (Å²) < 4.78 is 40.3. The zero-order valence-corrected chi connectivity index (χ0v) is 26.6. The van der Waals surface area contributed by atoms with Crippen LogP contribution >= 0.6 is 0 Å². The first-order valence-electron chi connectivity index (χ1n) is 15.1. The Bertz CT molecular complexity index is 759. The van der Waals surface area contributed by atoms with Crippen LogP contribution in [0.5, 0.6) is 0 Å². The van der Waals surface area contributed by atoms with Crippen molar-refractivity contribution >= 4 is 11.9 Å². The SMILES string of the molecule is CCCCOCCOCCOCCOCCC(=O)OCC1(CC)COC2(CC(C)(C)N(OC(C)=O)C(C)(C)C2)OC1. The molecule has 0 atom stereocenters. The third kappa shape index (κ3) is 12.1. The number of ether oxygens (including phenoxy) is 7. The van der Waals surface area contributed by atoms with E-state index in [1.807, 2.05) is 34.6 Å². The van der Waals surface area contributed by atoms with Crippen molar-refractivity contribution in [3.63, 3.8) is 0 Å². The van der Waals surface area contributed by atoms with Gasteiger partial charge in [0.15, 0.2) is 5.79 Å². The predicted octanol–water partition coefficient (Wildman–Crippen LogP) is 4.06. The normalized spacial score (nSPS) is 21.0. The van der Waals surface area contributed by atoms with Crippen LogP contribution in [-0.2, 0) is 47.6 Å².